The van der Waals surface area contributed by atoms with Crippen LogP contribution >= 0.6 is 0 Å². The summed E-state index contributed by atoms with van der Waals surface area (Å²) in [5, 5.41) is 0. The Balaban J connectivity index is 2.75. The van der Waals surface area contributed by atoms with E-state index in [4.69, 9.17) is 9.47 Å². The second-order valence-electron chi connectivity index (χ2n) is 5.29. The van der Waals surface area contributed by atoms with E-state index >= 15 is 0 Å². The monoisotopic (exact) mass is 278 g/mol. The van der Waals surface area contributed by atoms with E-state index in [2.05, 4.69) is 20.8 Å². The number of rotatable bonds is 8. The summed E-state index contributed by atoms with van der Waals surface area (Å²) < 4.78 is 10.9. The molecule has 1 rings (SSSR count). The van der Waals surface area contributed by atoms with Gasteiger partial charge in [-0.15, -0.1) is 0 Å². The first-order valence-corrected chi connectivity index (χ1v) is 7.51. The van der Waals surface area contributed by atoms with E-state index in [0.29, 0.717) is 30.4 Å². The number of hydrogen-bond acceptors (Lipinski definition) is 3. The van der Waals surface area contributed by atoms with Gasteiger partial charge in [0, 0.05) is 0 Å². The van der Waals surface area contributed by atoms with Crippen molar-refractivity contribution >= 4 is 5.97 Å². The molecule has 0 atom stereocenters. The maximum atomic E-state index is 11.9. The standard InChI is InChI=1S/C17H26O3/c1-5-14-9-10-15(17(18)19-6-2)16(12-14)20-11-7-8-13(3)4/h9-10,12-13H,5-8,11H2,1-4H3. The molecule has 0 aliphatic heterocycles. The molecule has 0 bridgehead atoms. The lowest BCUT2D eigenvalue weighted by atomic mass is 10.1. The lowest BCUT2D eigenvalue weighted by Crippen LogP contribution is -2.09. The van der Waals surface area contributed by atoms with Crippen LogP contribution in [0.2, 0.25) is 0 Å². The molecule has 20 heavy (non-hydrogen) atoms. The zero-order chi connectivity index (χ0) is 15.0. The van der Waals surface area contributed by atoms with Gasteiger partial charge in [-0.05, 0) is 49.8 Å². The van der Waals surface area contributed by atoms with E-state index in [0.717, 1.165) is 24.8 Å². The number of esters is 1. The van der Waals surface area contributed by atoms with Gasteiger partial charge < -0.3 is 9.47 Å². The number of benzene rings is 1. The van der Waals surface area contributed by atoms with Gasteiger partial charge in [0.25, 0.3) is 0 Å². The second-order valence-corrected chi connectivity index (χ2v) is 5.29. The van der Waals surface area contributed by atoms with Crippen molar-refractivity contribution in [1.82, 2.24) is 0 Å². The van der Waals surface area contributed by atoms with Gasteiger partial charge in [0.15, 0.2) is 0 Å². The van der Waals surface area contributed by atoms with Crippen molar-refractivity contribution < 1.29 is 14.3 Å². The van der Waals surface area contributed by atoms with Crippen LogP contribution in [0.3, 0.4) is 0 Å². The minimum Gasteiger partial charge on any atom is -0.493 e. The van der Waals surface area contributed by atoms with Crippen molar-refractivity contribution in [1.29, 1.82) is 0 Å². The predicted octanol–water partition coefficient (Wildman–Crippen LogP) is 4.24. The molecule has 112 valence electrons. The minimum atomic E-state index is -0.311. The first kappa shape index (κ1) is 16.5. The average molecular weight is 278 g/mol. The summed E-state index contributed by atoms with van der Waals surface area (Å²) in [4.78, 5) is 11.9. The molecule has 0 saturated carbocycles. The third-order valence-electron chi connectivity index (χ3n) is 3.13. The zero-order valence-electron chi connectivity index (χ0n) is 13.1. The summed E-state index contributed by atoms with van der Waals surface area (Å²) in [6, 6.07) is 5.70. The van der Waals surface area contributed by atoms with Crippen LogP contribution in [0.1, 0.15) is 56.5 Å². The summed E-state index contributed by atoms with van der Waals surface area (Å²) in [5.41, 5.74) is 1.69. The summed E-state index contributed by atoms with van der Waals surface area (Å²) in [5.74, 6) is 1.01. The maximum Gasteiger partial charge on any atom is 0.341 e. The molecule has 0 aliphatic carbocycles. The van der Waals surface area contributed by atoms with Gasteiger partial charge >= 0.3 is 5.97 Å². The van der Waals surface area contributed by atoms with Crippen molar-refractivity contribution in [3.63, 3.8) is 0 Å². The molecule has 0 heterocycles. The normalized spacial score (nSPS) is 10.7. The first-order chi connectivity index (χ1) is 9.58. The Bertz CT molecular complexity index is 424. The largest absolute Gasteiger partial charge is 0.493 e. The highest BCUT2D eigenvalue weighted by Gasteiger charge is 2.14. The van der Waals surface area contributed by atoms with Crippen LogP contribution in [-0.2, 0) is 11.2 Å². The van der Waals surface area contributed by atoms with Gasteiger partial charge in [-0.1, -0.05) is 26.8 Å². The van der Waals surface area contributed by atoms with Crippen LogP contribution in [0.15, 0.2) is 18.2 Å². The molecule has 0 amide bonds. The molecule has 0 radical (unpaired) electrons. The van der Waals surface area contributed by atoms with E-state index in [9.17, 15) is 4.79 Å². The quantitative estimate of drug-likeness (QED) is 0.527. The Morgan fingerprint density at radius 3 is 2.60 bits per heavy atom. The van der Waals surface area contributed by atoms with Crippen molar-refractivity contribution in [2.24, 2.45) is 5.92 Å². The number of ether oxygens (including phenoxy) is 2. The minimum absolute atomic E-state index is 0.311. The van der Waals surface area contributed by atoms with Gasteiger partial charge in [0.05, 0.1) is 13.2 Å². The molecule has 0 aromatic heterocycles. The highest BCUT2D eigenvalue weighted by Crippen LogP contribution is 2.22. The Hall–Kier alpha value is -1.51. The fourth-order valence-electron chi connectivity index (χ4n) is 1.96. The molecule has 1 aromatic rings. The Morgan fingerprint density at radius 2 is 2.00 bits per heavy atom. The molecule has 0 aliphatic rings. The number of carbonyl (C=O) groups is 1. The lowest BCUT2D eigenvalue weighted by molar-refractivity contribution is 0.0521. The maximum absolute atomic E-state index is 11.9. The smallest absolute Gasteiger partial charge is 0.341 e. The summed E-state index contributed by atoms with van der Waals surface area (Å²) >= 11 is 0. The van der Waals surface area contributed by atoms with Crippen LogP contribution < -0.4 is 4.74 Å². The van der Waals surface area contributed by atoms with Crippen LogP contribution in [0.5, 0.6) is 5.75 Å². The molecule has 0 fully saturated rings. The van der Waals surface area contributed by atoms with Crippen molar-refractivity contribution in [3.05, 3.63) is 29.3 Å². The van der Waals surface area contributed by atoms with Gasteiger partial charge in [-0.2, -0.15) is 0 Å². The Morgan fingerprint density at radius 1 is 1.25 bits per heavy atom. The van der Waals surface area contributed by atoms with Gasteiger partial charge in [0.2, 0.25) is 0 Å². The number of carbonyl (C=O) groups excluding carboxylic acids is 1. The highest BCUT2D eigenvalue weighted by molar-refractivity contribution is 5.92. The van der Waals surface area contributed by atoms with Gasteiger partial charge in [-0.25, -0.2) is 4.79 Å². The van der Waals surface area contributed by atoms with E-state index in [1.54, 1.807) is 6.07 Å². The SMILES string of the molecule is CCOC(=O)c1ccc(CC)cc1OCCCC(C)C. The summed E-state index contributed by atoms with van der Waals surface area (Å²) in [6.45, 7) is 9.30. The number of aryl methyl sites for hydroxylation is 1. The van der Waals surface area contributed by atoms with Crippen molar-refractivity contribution in [3.8, 4) is 5.75 Å². The van der Waals surface area contributed by atoms with E-state index < -0.39 is 0 Å². The summed E-state index contributed by atoms with van der Waals surface area (Å²) in [7, 11) is 0. The lowest BCUT2D eigenvalue weighted by Gasteiger charge is -2.13. The van der Waals surface area contributed by atoms with Crippen molar-refractivity contribution in [2.45, 2.75) is 47.0 Å². The zero-order valence-corrected chi connectivity index (χ0v) is 13.1. The first-order valence-electron chi connectivity index (χ1n) is 7.51. The molecule has 0 unspecified atom stereocenters. The molecule has 3 heteroatoms. The Labute approximate surface area is 122 Å². The van der Waals surface area contributed by atoms with Crippen molar-refractivity contribution in [2.75, 3.05) is 13.2 Å². The van der Waals surface area contributed by atoms with Crippen LogP contribution in [0.4, 0.5) is 0 Å². The molecule has 1 aromatic carbocycles. The molecule has 3 nitrogen and oxygen atoms in total. The summed E-state index contributed by atoms with van der Waals surface area (Å²) in [6.07, 6.45) is 3.05. The molecule has 0 N–H and O–H groups in total. The fraction of sp³-hybridized carbons (Fsp3) is 0.588. The third-order valence-corrected chi connectivity index (χ3v) is 3.13. The topological polar surface area (TPSA) is 35.5 Å². The van der Waals surface area contributed by atoms with E-state index in [-0.39, 0.29) is 5.97 Å². The predicted molar refractivity (Wildman–Crippen MR) is 81.3 cm³/mol. The fourth-order valence-corrected chi connectivity index (χ4v) is 1.96. The number of hydrogen-bond donors (Lipinski definition) is 0. The van der Waals surface area contributed by atoms with E-state index in [1.165, 1.54) is 0 Å². The van der Waals surface area contributed by atoms with E-state index in [1.807, 2.05) is 19.1 Å². The second kappa shape index (κ2) is 8.62. The molecule has 0 saturated heterocycles. The van der Waals surface area contributed by atoms with Gasteiger partial charge in [-0.3, -0.25) is 0 Å². The molecular weight excluding hydrogens is 252 g/mol. The van der Waals surface area contributed by atoms with Crippen LogP contribution in [-0.4, -0.2) is 19.2 Å². The molecular formula is C17H26O3. The third kappa shape index (κ3) is 5.24. The van der Waals surface area contributed by atoms with Crippen LogP contribution in [0, 0.1) is 5.92 Å². The van der Waals surface area contributed by atoms with Crippen LogP contribution in [0.25, 0.3) is 0 Å². The highest BCUT2D eigenvalue weighted by atomic mass is 16.5. The molecule has 0 spiro atoms. The van der Waals surface area contributed by atoms with Gasteiger partial charge in [0.1, 0.15) is 11.3 Å². The average Bonchev–Trinajstić information content (AvgIpc) is 2.43. The Kier molecular flexibility index (Phi) is 7.13.